The van der Waals surface area contributed by atoms with Crippen LogP contribution in [0.1, 0.15) is 19.0 Å². The Morgan fingerprint density at radius 3 is 3.00 bits per heavy atom. The van der Waals surface area contributed by atoms with Gasteiger partial charge in [-0.15, -0.1) is 0 Å². The van der Waals surface area contributed by atoms with Crippen LogP contribution in [0.5, 0.6) is 0 Å². The Morgan fingerprint density at radius 1 is 1.35 bits per heavy atom. The number of allylic oxidation sites excluding steroid dienone is 2. The second kappa shape index (κ2) is 3.77. The lowest BCUT2D eigenvalue weighted by atomic mass is 10.0. The van der Waals surface area contributed by atoms with Crippen molar-refractivity contribution in [2.75, 3.05) is 7.05 Å². The van der Waals surface area contributed by atoms with Crippen LogP contribution in [0.3, 0.4) is 0 Å². The highest BCUT2D eigenvalue weighted by Crippen LogP contribution is 2.27. The molecule has 0 atom stereocenters. The lowest BCUT2D eigenvalue weighted by Gasteiger charge is -2.19. The second-order valence-corrected chi connectivity index (χ2v) is 4.60. The zero-order chi connectivity index (χ0) is 11.8. The molecule has 2 aromatic rings. The molecule has 0 aliphatic carbocycles. The first-order valence-corrected chi connectivity index (χ1v) is 5.76. The normalized spacial score (nSPS) is 16.0. The van der Waals surface area contributed by atoms with E-state index in [2.05, 4.69) is 53.4 Å². The van der Waals surface area contributed by atoms with E-state index in [1.165, 1.54) is 16.5 Å². The van der Waals surface area contributed by atoms with Crippen LogP contribution in [-0.2, 0) is 0 Å². The first-order valence-electron chi connectivity index (χ1n) is 5.76. The average Bonchev–Trinajstić information content (AvgIpc) is 2.71. The van der Waals surface area contributed by atoms with Gasteiger partial charge in [0.15, 0.2) is 0 Å². The van der Waals surface area contributed by atoms with Gasteiger partial charge in [-0.1, -0.05) is 5.57 Å². The van der Waals surface area contributed by atoms with E-state index < -0.39 is 0 Å². The first kappa shape index (κ1) is 10.1. The fourth-order valence-corrected chi connectivity index (χ4v) is 2.32. The molecule has 3 nitrogen and oxygen atoms in total. The van der Waals surface area contributed by atoms with Crippen molar-refractivity contribution in [1.82, 2.24) is 14.9 Å². The lowest BCUT2D eigenvalue weighted by Crippen LogP contribution is -2.08. The SMILES string of the molecule is CC1=CN(C)C=C(c2cc3cccnc3[nH]2)C1. The molecule has 3 heteroatoms. The fraction of sp³-hybridized carbons (Fsp3) is 0.214. The van der Waals surface area contributed by atoms with E-state index in [1.54, 1.807) is 0 Å². The molecule has 0 aromatic carbocycles. The van der Waals surface area contributed by atoms with E-state index in [0.717, 1.165) is 17.8 Å². The third-order valence-corrected chi connectivity index (χ3v) is 2.99. The summed E-state index contributed by atoms with van der Waals surface area (Å²) in [6.45, 7) is 2.16. The summed E-state index contributed by atoms with van der Waals surface area (Å²) in [6, 6.07) is 6.21. The minimum Gasteiger partial charge on any atom is -0.357 e. The van der Waals surface area contributed by atoms with E-state index in [-0.39, 0.29) is 0 Å². The van der Waals surface area contributed by atoms with Crippen molar-refractivity contribution in [2.45, 2.75) is 13.3 Å². The van der Waals surface area contributed by atoms with Crippen LogP contribution in [0.25, 0.3) is 16.6 Å². The van der Waals surface area contributed by atoms with Crippen LogP contribution in [-0.4, -0.2) is 21.9 Å². The molecule has 3 heterocycles. The Bertz CT molecular complexity index is 586. The van der Waals surface area contributed by atoms with Crippen molar-refractivity contribution in [3.8, 4) is 0 Å². The van der Waals surface area contributed by atoms with Gasteiger partial charge >= 0.3 is 0 Å². The molecule has 0 fully saturated rings. The molecule has 1 aliphatic rings. The Kier molecular flexibility index (Phi) is 2.25. The van der Waals surface area contributed by atoms with Gasteiger partial charge in [0.25, 0.3) is 0 Å². The Balaban J connectivity index is 2.04. The van der Waals surface area contributed by atoms with Crippen molar-refractivity contribution in [3.63, 3.8) is 0 Å². The van der Waals surface area contributed by atoms with Crippen molar-refractivity contribution in [1.29, 1.82) is 0 Å². The number of rotatable bonds is 1. The highest BCUT2D eigenvalue weighted by atomic mass is 15.1. The van der Waals surface area contributed by atoms with Gasteiger partial charge in [0, 0.05) is 36.7 Å². The van der Waals surface area contributed by atoms with E-state index in [0.29, 0.717) is 0 Å². The molecule has 86 valence electrons. The van der Waals surface area contributed by atoms with Crippen LogP contribution in [0.15, 0.2) is 42.4 Å². The van der Waals surface area contributed by atoms with Gasteiger partial charge in [-0.25, -0.2) is 4.98 Å². The smallest absolute Gasteiger partial charge is 0.137 e. The summed E-state index contributed by atoms with van der Waals surface area (Å²) in [5.74, 6) is 0. The van der Waals surface area contributed by atoms with Gasteiger partial charge in [-0.2, -0.15) is 0 Å². The zero-order valence-corrected chi connectivity index (χ0v) is 10.1. The van der Waals surface area contributed by atoms with Gasteiger partial charge < -0.3 is 9.88 Å². The largest absolute Gasteiger partial charge is 0.357 e. The molecule has 1 N–H and O–H groups in total. The Hall–Kier alpha value is -2.03. The number of nitrogens with zero attached hydrogens (tertiary/aromatic N) is 2. The van der Waals surface area contributed by atoms with E-state index in [4.69, 9.17) is 0 Å². The lowest BCUT2D eigenvalue weighted by molar-refractivity contribution is 0.607. The molecule has 3 rings (SSSR count). The summed E-state index contributed by atoms with van der Waals surface area (Å²) in [5.41, 5.74) is 4.80. The molecule has 0 radical (unpaired) electrons. The number of hydrogen-bond donors (Lipinski definition) is 1. The van der Waals surface area contributed by atoms with Crippen molar-refractivity contribution in [2.24, 2.45) is 0 Å². The van der Waals surface area contributed by atoms with Gasteiger partial charge in [0.1, 0.15) is 5.65 Å². The van der Waals surface area contributed by atoms with Crippen LogP contribution in [0.2, 0.25) is 0 Å². The third-order valence-electron chi connectivity index (χ3n) is 2.99. The molecule has 0 amide bonds. The number of aromatic amines is 1. The average molecular weight is 225 g/mol. The van der Waals surface area contributed by atoms with Gasteiger partial charge in [-0.05, 0) is 37.1 Å². The van der Waals surface area contributed by atoms with Crippen LogP contribution in [0.4, 0.5) is 0 Å². The summed E-state index contributed by atoms with van der Waals surface area (Å²) in [4.78, 5) is 9.80. The fourth-order valence-electron chi connectivity index (χ4n) is 2.32. The highest BCUT2D eigenvalue weighted by molar-refractivity contribution is 5.82. The number of fused-ring (bicyclic) bond motifs is 1. The zero-order valence-electron chi connectivity index (χ0n) is 10.1. The quantitative estimate of drug-likeness (QED) is 0.808. The monoisotopic (exact) mass is 225 g/mol. The first-order chi connectivity index (χ1) is 8.22. The third kappa shape index (κ3) is 1.84. The minimum atomic E-state index is 0.957. The number of nitrogens with one attached hydrogen (secondary N) is 1. The Labute approximate surface area is 100 Å². The number of aromatic nitrogens is 2. The van der Waals surface area contributed by atoms with Crippen LogP contribution >= 0.6 is 0 Å². The molecular weight excluding hydrogens is 210 g/mol. The maximum Gasteiger partial charge on any atom is 0.137 e. The highest BCUT2D eigenvalue weighted by Gasteiger charge is 2.11. The molecular formula is C14H15N3. The molecule has 0 bridgehead atoms. The summed E-state index contributed by atoms with van der Waals surface area (Å²) in [7, 11) is 2.06. The van der Waals surface area contributed by atoms with E-state index in [1.807, 2.05) is 12.3 Å². The summed E-state index contributed by atoms with van der Waals surface area (Å²) in [6.07, 6.45) is 7.13. The molecule has 0 spiro atoms. The van der Waals surface area contributed by atoms with Crippen LogP contribution in [0, 0.1) is 0 Å². The molecule has 17 heavy (non-hydrogen) atoms. The van der Waals surface area contributed by atoms with Gasteiger partial charge in [0.05, 0.1) is 0 Å². The van der Waals surface area contributed by atoms with Gasteiger partial charge in [0.2, 0.25) is 0 Å². The maximum atomic E-state index is 4.32. The standard InChI is InChI=1S/C14H15N3/c1-10-6-12(9-17(2)8-10)13-7-11-4-3-5-15-14(11)16-13/h3-5,7-9H,6H2,1-2H3,(H,15,16). The van der Waals surface area contributed by atoms with Gasteiger partial charge in [-0.3, -0.25) is 0 Å². The summed E-state index contributed by atoms with van der Waals surface area (Å²) >= 11 is 0. The number of H-pyrrole nitrogens is 1. The second-order valence-electron chi connectivity index (χ2n) is 4.60. The molecule has 0 saturated carbocycles. The summed E-state index contributed by atoms with van der Waals surface area (Å²) < 4.78 is 0. The van der Waals surface area contributed by atoms with Crippen molar-refractivity contribution < 1.29 is 0 Å². The molecule has 0 saturated heterocycles. The molecule has 2 aromatic heterocycles. The number of hydrogen-bond acceptors (Lipinski definition) is 2. The summed E-state index contributed by atoms with van der Waals surface area (Å²) in [5, 5.41) is 1.17. The molecule has 0 unspecified atom stereocenters. The maximum absolute atomic E-state index is 4.32. The number of pyridine rings is 1. The predicted molar refractivity (Wildman–Crippen MR) is 70.2 cm³/mol. The van der Waals surface area contributed by atoms with E-state index in [9.17, 15) is 0 Å². The topological polar surface area (TPSA) is 31.9 Å². The van der Waals surface area contributed by atoms with E-state index >= 15 is 0 Å². The minimum absolute atomic E-state index is 0.957. The van der Waals surface area contributed by atoms with Crippen LogP contribution < -0.4 is 0 Å². The van der Waals surface area contributed by atoms with Crippen molar-refractivity contribution >= 4 is 16.6 Å². The van der Waals surface area contributed by atoms with Crippen molar-refractivity contribution in [3.05, 3.63) is 48.1 Å². The Morgan fingerprint density at radius 2 is 2.24 bits per heavy atom. The predicted octanol–water partition coefficient (Wildman–Crippen LogP) is 3.14. The molecule has 1 aliphatic heterocycles.